The molecule has 2 nitrogen and oxygen atoms in total. The predicted octanol–water partition coefficient (Wildman–Crippen LogP) is 3.59. The van der Waals surface area contributed by atoms with Crippen LogP contribution >= 0.6 is 11.8 Å². The molecule has 1 aliphatic heterocycles. The van der Waals surface area contributed by atoms with Crippen molar-refractivity contribution >= 4 is 11.8 Å². The van der Waals surface area contributed by atoms with Gasteiger partial charge in [0.05, 0.1) is 12.0 Å². The van der Waals surface area contributed by atoms with Crippen molar-refractivity contribution in [3.8, 4) is 5.75 Å². The number of benzene rings is 1. The molecule has 1 heterocycles. The smallest absolute Gasteiger partial charge is 0.119 e. The van der Waals surface area contributed by atoms with Crippen LogP contribution in [0.3, 0.4) is 0 Å². The summed E-state index contributed by atoms with van der Waals surface area (Å²) in [4.78, 5) is 0. The molecule has 3 heteroatoms. The van der Waals surface area contributed by atoms with Gasteiger partial charge in [-0.3, -0.25) is 5.32 Å². The number of hydrogen-bond acceptors (Lipinski definition) is 3. The van der Waals surface area contributed by atoms with Crippen molar-refractivity contribution in [3.63, 3.8) is 0 Å². The topological polar surface area (TPSA) is 21.3 Å². The van der Waals surface area contributed by atoms with Crippen molar-refractivity contribution in [3.05, 3.63) is 29.8 Å². The summed E-state index contributed by atoms with van der Waals surface area (Å²) in [6, 6.07) is 9.12. The van der Waals surface area contributed by atoms with E-state index in [1.54, 1.807) is 0 Å². The molecule has 0 saturated carbocycles. The van der Waals surface area contributed by atoms with Gasteiger partial charge in [0, 0.05) is 6.04 Å². The lowest BCUT2D eigenvalue weighted by Gasteiger charge is -2.28. The van der Waals surface area contributed by atoms with Gasteiger partial charge in [-0.25, -0.2) is 0 Å². The summed E-state index contributed by atoms with van der Waals surface area (Å²) in [7, 11) is 0. The zero-order valence-electron chi connectivity index (χ0n) is 10.6. The first-order valence-corrected chi connectivity index (χ1v) is 7.45. The van der Waals surface area contributed by atoms with Crippen LogP contribution in [0.4, 0.5) is 0 Å². The predicted molar refractivity (Wildman–Crippen MR) is 74.6 cm³/mol. The first-order valence-electron chi connectivity index (χ1n) is 6.40. The van der Waals surface area contributed by atoms with E-state index in [0.29, 0.717) is 11.4 Å². The van der Waals surface area contributed by atoms with Gasteiger partial charge in [-0.2, -0.15) is 0 Å². The fraction of sp³-hybridized carbons (Fsp3) is 0.571. The fourth-order valence-corrected chi connectivity index (χ4v) is 3.31. The molecule has 0 aliphatic carbocycles. The van der Waals surface area contributed by atoms with Crippen molar-refractivity contribution < 1.29 is 4.74 Å². The number of nitrogens with one attached hydrogen (secondary N) is 1. The maximum atomic E-state index is 5.59. The Labute approximate surface area is 108 Å². The third-order valence-corrected chi connectivity index (χ3v) is 4.14. The largest absolute Gasteiger partial charge is 0.494 e. The molecule has 1 aliphatic rings. The van der Waals surface area contributed by atoms with Crippen LogP contribution in [0.15, 0.2) is 24.3 Å². The lowest BCUT2D eigenvalue weighted by molar-refractivity contribution is 0.317. The Hall–Kier alpha value is -0.670. The first-order chi connectivity index (χ1) is 8.29. The molecule has 0 aromatic heterocycles. The molecule has 2 unspecified atom stereocenters. The minimum atomic E-state index is 0.443. The SMILES string of the molecule is CCCOc1ccc(C2NC(C)CCS2)cc1. The molecule has 1 N–H and O–H groups in total. The van der Waals surface area contributed by atoms with Crippen LogP contribution in [-0.2, 0) is 0 Å². The molecule has 0 amide bonds. The molecule has 94 valence electrons. The normalized spacial score (nSPS) is 24.6. The summed E-state index contributed by atoms with van der Waals surface area (Å²) in [6.45, 7) is 5.18. The van der Waals surface area contributed by atoms with E-state index in [4.69, 9.17) is 4.74 Å². The molecule has 1 fully saturated rings. The fourth-order valence-electron chi connectivity index (χ4n) is 1.90. The summed E-state index contributed by atoms with van der Waals surface area (Å²) >= 11 is 1.99. The maximum Gasteiger partial charge on any atom is 0.119 e. The Morgan fingerprint density at radius 3 is 2.76 bits per heavy atom. The van der Waals surface area contributed by atoms with Gasteiger partial charge in [-0.15, -0.1) is 11.8 Å². The van der Waals surface area contributed by atoms with Crippen molar-refractivity contribution in [2.75, 3.05) is 12.4 Å². The summed E-state index contributed by atoms with van der Waals surface area (Å²) in [5.41, 5.74) is 1.35. The van der Waals surface area contributed by atoms with Crippen molar-refractivity contribution in [2.45, 2.75) is 38.1 Å². The van der Waals surface area contributed by atoms with E-state index < -0.39 is 0 Å². The van der Waals surface area contributed by atoms with E-state index in [1.165, 1.54) is 17.7 Å². The molecule has 2 atom stereocenters. The molecule has 1 aromatic carbocycles. The van der Waals surface area contributed by atoms with E-state index in [1.807, 2.05) is 11.8 Å². The highest BCUT2D eigenvalue weighted by Gasteiger charge is 2.19. The number of ether oxygens (including phenoxy) is 1. The van der Waals surface area contributed by atoms with Gasteiger partial charge >= 0.3 is 0 Å². The highest BCUT2D eigenvalue weighted by Crippen LogP contribution is 2.32. The lowest BCUT2D eigenvalue weighted by Crippen LogP contribution is -2.33. The van der Waals surface area contributed by atoms with E-state index in [2.05, 4.69) is 43.4 Å². The van der Waals surface area contributed by atoms with Crippen molar-refractivity contribution in [1.29, 1.82) is 0 Å². The van der Waals surface area contributed by atoms with Gasteiger partial charge in [0.2, 0.25) is 0 Å². The molecular formula is C14H21NOS. The Balaban J connectivity index is 1.96. The van der Waals surface area contributed by atoms with Crippen molar-refractivity contribution in [2.24, 2.45) is 0 Å². The van der Waals surface area contributed by atoms with E-state index in [9.17, 15) is 0 Å². The molecular weight excluding hydrogens is 230 g/mol. The first kappa shape index (κ1) is 12.8. The van der Waals surface area contributed by atoms with Crippen LogP contribution in [0, 0.1) is 0 Å². The average Bonchev–Trinajstić information content (AvgIpc) is 2.37. The second kappa shape index (κ2) is 6.31. The van der Waals surface area contributed by atoms with Gasteiger partial charge in [0.15, 0.2) is 0 Å². The van der Waals surface area contributed by atoms with Gasteiger partial charge < -0.3 is 4.74 Å². The molecule has 0 spiro atoms. The zero-order chi connectivity index (χ0) is 12.1. The third kappa shape index (κ3) is 3.65. The van der Waals surface area contributed by atoms with E-state index >= 15 is 0 Å². The minimum absolute atomic E-state index is 0.443. The monoisotopic (exact) mass is 251 g/mol. The van der Waals surface area contributed by atoms with Crippen LogP contribution in [0.2, 0.25) is 0 Å². The Morgan fingerprint density at radius 1 is 1.35 bits per heavy atom. The molecule has 0 radical (unpaired) electrons. The van der Waals surface area contributed by atoms with Crippen molar-refractivity contribution in [1.82, 2.24) is 5.32 Å². The van der Waals surface area contributed by atoms with E-state index in [0.717, 1.165) is 18.8 Å². The van der Waals surface area contributed by atoms with Crippen LogP contribution in [-0.4, -0.2) is 18.4 Å². The molecule has 1 aromatic rings. The number of rotatable bonds is 4. The van der Waals surface area contributed by atoms with Crippen LogP contribution in [0.1, 0.15) is 37.6 Å². The zero-order valence-corrected chi connectivity index (χ0v) is 11.4. The van der Waals surface area contributed by atoms with E-state index in [-0.39, 0.29) is 0 Å². The summed E-state index contributed by atoms with van der Waals surface area (Å²) < 4.78 is 5.59. The maximum absolute atomic E-state index is 5.59. The molecule has 0 bridgehead atoms. The summed E-state index contributed by atoms with van der Waals surface area (Å²) in [5.74, 6) is 2.22. The van der Waals surface area contributed by atoms with Crippen LogP contribution < -0.4 is 10.1 Å². The Kier molecular flexibility index (Phi) is 4.75. The minimum Gasteiger partial charge on any atom is -0.494 e. The second-order valence-corrected chi connectivity index (χ2v) is 5.74. The van der Waals surface area contributed by atoms with Gasteiger partial charge in [0.25, 0.3) is 0 Å². The van der Waals surface area contributed by atoms with Gasteiger partial charge in [0.1, 0.15) is 5.75 Å². The average molecular weight is 251 g/mol. The lowest BCUT2D eigenvalue weighted by atomic mass is 10.2. The van der Waals surface area contributed by atoms with Gasteiger partial charge in [-0.05, 0) is 43.2 Å². The van der Waals surface area contributed by atoms with Crippen LogP contribution in [0.25, 0.3) is 0 Å². The standard InChI is InChI=1S/C14H21NOS/c1-3-9-16-13-6-4-12(5-7-13)14-15-11(2)8-10-17-14/h4-7,11,14-15H,3,8-10H2,1-2H3. The third-order valence-electron chi connectivity index (χ3n) is 2.93. The summed E-state index contributed by atoms with van der Waals surface area (Å²) in [5, 5.41) is 4.06. The molecule has 1 saturated heterocycles. The number of hydrogen-bond donors (Lipinski definition) is 1. The molecule has 17 heavy (non-hydrogen) atoms. The second-order valence-electron chi connectivity index (χ2n) is 4.52. The quantitative estimate of drug-likeness (QED) is 0.883. The van der Waals surface area contributed by atoms with Gasteiger partial charge in [-0.1, -0.05) is 19.1 Å². The molecule has 2 rings (SSSR count). The highest BCUT2D eigenvalue weighted by molar-refractivity contribution is 7.99. The Bertz CT molecular complexity index is 339. The highest BCUT2D eigenvalue weighted by atomic mass is 32.2. The van der Waals surface area contributed by atoms with Crippen LogP contribution in [0.5, 0.6) is 5.75 Å². The Morgan fingerprint density at radius 2 is 2.12 bits per heavy atom. The number of thioether (sulfide) groups is 1. The summed E-state index contributed by atoms with van der Waals surface area (Å²) in [6.07, 6.45) is 2.32.